The van der Waals surface area contributed by atoms with Gasteiger partial charge in [0.2, 0.25) is 11.7 Å². The van der Waals surface area contributed by atoms with Gasteiger partial charge in [-0.25, -0.2) is 9.97 Å². The van der Waals surface area contributed by atoms with E-state index in [0.717, 1.165) is 31.5 Å². The standard InChI is InChI=1S/C27H33N7O4/c1-15-20(31-26(35)18-9-5-6-10-19(18)27(36)37)11-12-21(29-15)25-24(16(2)34-38-25)33-23-14-28-13-22(32-23)30-17-7-3-4-8-17/h11-14,17-19H,3-10H2,1-2H3,(H,31,35)(H,36,37)(H2,30,32,33)/t18-,19-/m0/s1. The van der Waals surface area contributed by atoms with Crippen LogP contribution in [0.2, 0.25) is 0 Å². The maximum atomic E-state index is 12.9. The van der Waals surface area contributed by atoms with Crippen LogP contribution in [0.25, 0.3) is 11.5 Å². The summed E-state index contributed by atoms with van der Waals surface area (Å²) in [4.78, 5) is 38.2. The number of aryl methyl sites for hydroxylation is 2. The molecule has 0 saturated heterocycles. The summed E-state index contributed by atoms with van der Waals surface area (Å²) in [6.07, 6.45) is 10.9. The van der Waals surface area contributed by atoms with Gasteiger partial charge in [-0.3, -0.25) is 14.6 Å². The zero-order valence-corrected chi connectivity index (χ0v) is 21.7. The van der Waals surface area contributed by atoms with Crippen LogP contribution in [0.1, 0.15) is 62.8 Å². The van der Waals surface area contributed by atoms with Crippen molar-refractivity contribution in [1.82, 2.24) is 20.1 Å². The maximum Gasteiger partial charge on any atom is 0.307 e. The molecule has 38 heavy (non-hydrogen) atoms. The van der Waals surface area contributed by atoms with Crippen molar-refractivity contribution >= 4 is 34.9 Å². The quantitative estimate of drug-likeness (QED) is 0.317. The lowest BCUT2D eigenvalue weighted by atomic mass is 9.78. The van der Waals surface area contributed by atoms with Gasteiger partial charge >= 0.3 is 5.97 Å². The predicted molar refractivity (Wildman–Crippen MR) is 142 cm³/mol. The number of nitrogens with zero attached hydrogens (tertiary/aromatic N) is 4. The van der Waals surface area contributed by atoms with Gasteiger partial charge in [0, 0.05) is 6.04 Å². The van der Waals surface area contributed by atoms with Crippen LogP contribution < -0.4 is 16.0 Å². The van der Waals surface area contributed by atoms with Crippen molar-refractivity contribution in [2.75, 3.05) is 16.0 Å². The highest BCUT2D eigenvalue weighted by Gasteiger charge is 2.36. The average Bonchev–Trinajstić information content (AvgIpc) is 3.55. The van der Waals surface area contributed by atoms with Crippen LogP contribution in [0.15, 0.2) is 29.0 Å². The zero-order chi connectivity index (χ0) is 26.6. The van der Waals surface area contributed by atoms with E-state index in [1.807, 2.05) is 6.92 Å². The summed E-state index contributed by atoms with van der Waals surface area (Å²) in [6, 6.07) is 3.92. The summed E-state index contributed by atoms with van der Waals surface area (Å²) >= 11 is 0. The summed E-state index contributed by atoms with van der Waals surface area (Å²) in [5.41, 5.74) is 2.94. The van der Waals surface area contributed by atoms with Gasteiger partial charge in [-0.15, -0.1) is 0 Å². The molecule has 200 valence electrons. The smallest absolute Gasteiger partial charge is 0.307 e. The first kappa shape index (κ1) is 25.6. The highest BCUT2D eigenvalue weighted by molar-refractivity contribution is 5.95. The van der Waals surface area contributed by atoms with Gasteiger partial charge < -0.3 is 25.6 Å². The van der Waals surface area contributed by atoms with Gasteiger partial charge in [0.25, 0.3) is 0 Å². The van der Waals surface area contributed by atoms with Crippen molar-refractivity contribution in [3.05, 3.63) is 35.9 Å². The second kappa shape index (κ2) is 11.2. The lowest BCUT2D eigenvalue weighted by molar-refractivity contribution is -0.147. The first-order chi connectivity index (χ1) is 18.4. The lowest BCUT2D eigenvalue weighted by Crippen LogP contribution is -2.36. The Hall–Kier alpha value is -4.02. The number of aromatic nitrogens is 4. The Labute approximate surface area is 220 Å². The van der Waals surface area contributed by atoms with Gasteiger partial charge in [-0.1, -0.05) is 30.8 Å². The Bertz CT molecular complexity index is 1320. The van der Waals surface area contributed by atoms with Gasteiger partial charge in [-0.2, -0.15) is 0 Å². The Kier molecular flexibility index (Phi) is 7.52. The molecular weight excluding hydrogens is 486 g/mol. The molecule has 0 aromatic carbocycles. The number of carbonyl (C=O) groups is 2. The van der Waals surface area contributed by atoms with E-state index >= 15 is 0 Å². The van der Waals surface area contributed by atoms with Crippen LogP contribution in [-0.2, 0) is 9.59 Å². The monoisotopic (exact) mass is 519 g/mol. The third-order valence-corrected chi connectivity index (χ3v) is 7.45. The third kappa shape index (κ3) is 5.61. The number of anilines is 4. The molecule has 4 N–H and O–H groups in total. The van der Waals surface area contributed by atoms with E-state index in [1.165, 1.54) is 12.8 Å². The molecule has 3 aromatic heterocycles. The lowest BCUT2D eigenvalue weighted by Gasteiger charge is -2.27. The van der Waals surface area contributed by atoms with Crippen molar-refractivity contribution in [1.29, 1.82) is 0 Å². The largest absolute Gasteiger partial charge is 0.481 e. The van der Waals surface area contributed by atoms with E-state index in [2.05, 4.69) is 36.1 Å². The second-order valence-corrected chi connectivity index (χ2v) is 10.2. The highest BCUT2D eigenvalue weighted by Crippen LogP contribution is 2.34. The second-order valence-electron chi connectivity index (χ2n) is 10.2. The fourth-order valence-electron chi connectivity index (χ4n) is 5.38. The molecule has 2 atom stereocenters. The summed E-state index contributed by atoms with van der Waals surface area (Å²) in [7, 11) is 0. The maximum absolute atomic E-state index is 12.9. The summed E-state index contributed by atoms with van der Waals surface area (Å²) in [6.45, 7) is 3.61. The minimum Gasteiger partial charge on any atom is -0.481 e. The molecule has 3 aromatic rings. The topological polar surface area (TPSA) is 155 Å². The third-order valence-electron chi connectivity index (χ3n) is 7.45. The fraction of sp³-hybridized carbons (Fsp3) is 0.481. The van der Waals surface area contributed by atoms with E-state index in [-0.39, 0.29) is 5.91 Å². The number of hydrogen-bond acceptors (Lipinski definition) is 9. The van der Waals surface area contributed by atoms with Crippen LogP contribution in [-0.4, -0.2) is 43.1 Å². The number of pyridine rings is 1. The molecule has 1 amide bonds. The fourth-order valence-corrected chi connectivity index (χ4v) is 5.38. The van der Waals surface area contributed by atoms with Crippen LogP contribution in [0.4, 0.5) is 23.0 Å². The van der Waals surface area contributed by atoms with Crippen LogP contribution in [0.3, 0.4) is 0 Å². The molecule has 0 aliphatic heterocycles. The van der Waals surface area contributed by atoms with E-state index in [0.29, 0.717) is 58.9 Å². The van der Waals surface area contributed by atoms with Gasteiger partial charge in [-0.05, 0) is 51.7 Å². The average molecular weight is 520 g/mol. The van der Waals surface area contributed by atoms with Gasteiger partial charge in [0.15, 0.2) is 5.82 Å². The first-order valence-corrected chi connectivity index (χ1v) is 13.2. The Morgan fingerprint density at radius 1 is 0.921 bits per heavy atom. The SMILES string of the molecule is Cc1nc(-c2onc(C)c2Nc2cncc(NC3CCCC3)n2)ccc1NC(=O)[C@H]1CCCC[C@@H]1C(=O)O. The summed E-state index contributed by atoms with van der Waals surface area (Å²) in [5.74, 6) is -0.684. The molecule has 0 unspecified atom stereocenters. The number of nitrogens with one attached hydrogen (secondary N) is 3. The molecule has 11 nitrogen and oxygen atoms in total. The van der Waals surface area contributed by atoms with Crippen molar-refractivity contribution in [2.45, 2.75) is 71.3 Å². The zero-order valence-electron chi connectivity index (χ0n) is 21.7. The summed E-state index contributed by atoms with van der Waals surface area (Å²) < 4.78 is 5.61. The number of carboxylic acids is 1. The molecule has 2 saturated carbocycles. The number of aliphatic carboxylic acids is 1. The number of carboxylic acid groups (broad SMARTS) is 1. The Balaban J connectivity index is 1.32. The van der Waals surface area contributed by atoms with E-state index in [9.17, 15) is 14.7 Å². The van der Waals surface area contributed by atoms with Crippen molar-refractivity contribution < 1.29 is 19.2 Å². The normalized spacial score (nSPS) is 19.7. The summed E-state index contributed by atoms with van der Waals surface area (Å²) in [5, 5.41) is 23.3. The molecular formula is C27H33N7O4. The van der Waals surface area contributed by atoms with Gasteiger partial charge in [0.1, 0.15) is 22.9 Å². The highest BCUT2D eigenvalue weighted by atomic mass is 16.5. The number of hydrogen-bond donors (Lipinski definition) is 4. The molecule has 2 aliphatic carbocycles. The number of carbonyl (C=O) groups excluding carboxylic acids is 1. The minimum atomic E-state index is -0.916. The van der Waals surface area contributed by atoms with Crippen LogP contribution >= 0.6 is 0 Å². The van der Waals surface area contributed by atoms with Gasteiger partial charge in [0.05, 0.1) is 35.6 Å². The molecule has 3 heterocycles. The van der Waals surface area contributed by atoms with E-state index in [1.54, 1.807) is 31.5 Å². The first-order valence-electron chi connectivity index (χ1n) is 13.2. The van der Waals surface area contributed by atoms with E-state index in [4.69, 9.17) is 4.52 Å². The van der Waals surface area contributed by atoms with Crippen molar-refractivity contribution in [3.63, 3.8) is 0 Å². The van der Waals surface area contributed by atoms with Crippen molar-refractivity contribution in [3.8, 4) is 11.5 Å². The molecule has 5 rings (SSSR count). The van der Waals surface area contributed by atoms with Crippen LogP contribution in [0.5, 0.6) is 0 Å². The van der Waals surface area contributed by atoms with E-state index < -0.39 is 17.8 Å². The Morgan fingerprint density at radius 2 is 1.63 bits per heavy atom. The molecule has 11 heteroatoms. The predicted octanol–water partition coefficient (Wildman–Crippen LogP) is 5.07. The minimum absolute atomic E-state index is 0.280. The molecule has 0 bridgehead atoms. The molecule has 0 radical (unpaired) electrons. The molecule has 2 fully saturated rings. The van der Waals surface area contributed by atoms with Crippen molar-refractivity contribution in [2.24, 2.45) is 11.8 Å². The molecule has 2 aliphatic rings. The molecule has 0 spiro atoms. The van der Waals surface area contributed by atoms with Crippen LogP contribution in [0, 0.1) is 25.7 Å². The number of amides is 1. The Morgan fingerprint density at radius 3 is 2.37 bits per heavy atom. The number of rotatable bonds is 8.